The normalized spacial score (nSPS) is 21.3. The standard InChI is InChI=1S/C21H23N/c1-15-6-9-21(12-16(15)2)20-5-3-4-19(13-20)18-10-7-17(14-22)8-11-18/h6-12,19-20H,3-5,13H2,1-2H3. The molecule has 0 radical (unpaired) electrons. The van der Waals surface area contributed by atoms with Crippen LogP contribution in [-0.2, 0) is 0 Å². The summed E-state index contributed by atoms with van der Waals surface area (Å²) in [5.41, 5.74) is 6.43. The first-order valence-electron chi connectivity index (χ1n) is 8.24. The Morgan fingerprint density at radius 1 is 0.864 bits per heavy atom. The summed E-state index contributed by atoms with van der Waals surface area (Å²) in [6, 6.07) is 17.3. The lowest BCUT2D eigenvalue weighted by Gasteiger charge is -2.30. The predicted octanol–water partition coefficient (Wildman–Crippen LogP) is 5.62. The highest BCUT2D eigenvalue weighted by atomic mass is 14.3. The zero-order valence-electron chi connectivity index (χ0n) is 13.5. The van der Waals surface area contributed by atoms with Crippen LogP contribution in [0, 0.1) is 25.2 Å². The lowest BCUT2D eigenvalue weighted by molar-refractivity contribution is 0.394. The van der Waals surface area contributed by atoms with E-state index >= 15 is 0 Å². The Kier molecular flexibility index (Phi) is 4.29. The van der Waals surface area contributed by atoms with Crippen molar-refractivity contribution in [1.82, 2.24) is 0 Å². The second kappa shape index (κ2) is 6.36. The van der Waals surface area contributed by atoms with E-state index in [0.29, 0.717) is 11.8 Å². The molecule has 0 heterocycles. The van der Waals surface area contributed by atoms with Crippen LogP contribution in [0.1, 0.15) is 65.3 Å². The summed E-state index contributed by atoms with van der Waals surface area (Å²) in [5.74, 6) is 1.31. The van der Waals surface area contributed by atoms with E-state index in [1.165, 1.54) is 47.9 Å². The molecule has 1 aliphatic carbocycles. The average Bonchev–Trinajstić information content (AvgIpc) is 2.57. The topological polar surface area (TPSA) is 23.8 Å². The third-order valence-corrected chi connectivity index (χ3v) is 5.19. The van der Waals surface area contributed by atoms with Gasteiger partial charge >= 0.3 is 0 Å². The minimum Gasteiger partial charge on any atom is -0.192 e. The first kappa shape index (κ1) is 14.9. The summed E-state index contributed by atoms with van der Waals surface area (Å²) < 4.78 is 0. The fourth-order valence-electron chi connectivity index (χ4n) is 3.64. The third kappa shape index (κ3) is 3.07. The van der Waals surface area contributed by atoms with Gasteiger partial charge in [0.2, 0.25) is 0 Å². The van der Waals surface area contributed by atoms with Crippen LogP contribution in [0.25, 0.3) is 0 Å². The maximum atomic E-state index is 8.93. The van der Waals surface area contributed by atoms with Crippen molar-refractivity contribution < 1.29 is 0 Å². The van der Waals surface area contributed by atoms with Gasteiger partial charge in [-0.15, -0.1) is 0 Å². The monoisotopic (exact) mass is 289 g/mol. The van der Waals surface area contributed by atoms with Crippen LogP contribution in [0.15, 0.2) is 42.5 Å². The first-order valence-corrected chi connectivity index (χ1v) is 8.24. The number of nitrogens with zero attached hydrogens (tertiary/aromatic N) is 1. The van der Waals surface area contributed by atoms with Crippen LogP contribution >= 0.6 is 0 Å². The lowest BCUT2D eigenvalue weighted by atomic mass is 9.75. The minimum atomic E-state index is 0.633. The first-order chi connectivity index (χ1) is 10.7. The maximum Gasteiger partial charge on any atom is 0.0991 e. The molecule has 0 aliphatic heterocycles. The summed E-state index contributed by atoms with van der Waals surface area (Å²) in [6.45, 7) is 4.39. The molecule has 0 N–H and O–H groups in total. The summed E-state index contributed by atoms with van der Waals surface area (Å²) in [4.78, 5) is 0. The molecule has 2 aromatic carbocycles. The van der Waals surface area contributed by atoms with Crippen molar-refractivity contribution in [3.05, 3.63) is 70.3 Å². The molecular weight excluding hydrogens is 266 g/mol. The molecular formula is C21H23N. The highest BCUT2D eigenvalue weighted by molar-refractivity contribution is 5.35. The quantitative estimate of drug-likeness (QED) is 0.704. The van der Waals surface area contributed by atoms with Crippen LogP contribution in [-0.4, -0.2) is 0 Å². The Labute approximate surface area is 133 Å². The van der Waals surface area contributed by atoms with Gasteiger partial charge in [0.15, 0.2) is 0 Å². The van der Waals surface area contributed by atoms with Crippen molar-refractivity contribution >= 4 is 0 Å². The van der Waals surface area contributed by atoms with E-state index in [2.05, 4.69) is 50.2 Å². The molecule has 2 unspecified atom stereocenters. The number of hydrogen-bond donors (Lipinski definition) is 0. The maximum absolute atomic E-state index is 8.93. The van der Waals surface area contributed by atoms with Gasteiger partial charge in [0.25, 0.3) is 0 Å². The molecule has 0 saturated heterocycles. The average molecular weight is 289 g/mol. The van der Waals surface area contributed by atoms with E-state index in [1.807, 2.05) is 12.1 Å². The minimum absolute atomic E-state index is 0.633. The van der Waals surface area contributed by atoms with Gasteiger partial charge in [0, 0.05) is 0 Å². The molecule has 1 saturated carbocycles. The Morgan fingerprint density at radius 2 is 1.50 bits per heavy atom. The second-order valence-electron chi connectivity index (χ2n) is 6.64. The van der Waals surface area contributed by atoms with Crippen molar-refractivity contribution in [3.8, 4) is 6.07 Å². The Bertz CT molecular complexity index is 691. The van der Waals surface area contributed by atoms with Crippen molar-refractivity contribution in [2.45, 2.75) is 51.4 Å². The Morgan fingerprint density at radius 3 is 2.14 bits per heavy atom. The highest BCUT2D eigenvalue weighted by Crippen LogP contribution is 2.41. The molecule has 0 amide bonds. The summed E-state index contributed by atoms with van der Waals surface area (Å²) in [7, 11) is 0. The van der Waals surface area contributed by atoms with Gasteiger partial charge in [0.05, 0.1) is 11.6 Å². The molecule has 2 aromatic rings. The fourth-order valence-corrected chi connectivity index (χ4v) is 3.64. The van der Waals surface area contributed by atoms with E-state index < -0.39 is 0 Å². The highest BCUT2D eigenvalue weighted by Gasteiger charge is 2.24. The number of benzene rings is 2. The summed E-state index contributed by atoms with van der Waals surface area (Å²) in [5, 5.41) is 8.93. The molecule has 22 heavy (non-hydrogen) atoms. The van der Waals surface area contributed by atoms with E-state index in [9.17, 15) is 0 Å². The summed E-state index contributed by atoms with van der Waals surface area (Å²) in [6.07, 6.45) is 5.10. The van der Waals surface area contributed by atoms with Crippen molar-refractivity contribution in [2.24, 2.45) is 0 Å². The second-order valence-corrected chi connectivity index (χ2v) is 6.64. The van der Waals surface area contributed by atoms with Crippen LogP contribution in [0.3, 0.4) is 0 Å². The van der Waals surface area contributed by atoms with Gasteiger partial charge in [0.1, 0.15) is 0 Å². The van der Waals surface area contributed by atoms with Crippen molar-refractivity contribution in [1.29, 1.82) is 5.26 Å². The smallest absolute Gasteiger partial charge is 0.0991 e. The van der Waals surface area contributed by atoms with Crippen molar-refractivity contribution in [3.63, 3.8) is 0 Å². The van der Waals surface area contributed by atoms with E-state index in [0.717, 1.165) is 5.56 Å². The van der Waals surface area contributed by atoms with Crippen LogP contribution in [0.5, 0.6) is 0 Å². The molecule has 2 atom stereocenters. The van der Waals surface area contributed by atoms with Gasteiger partial charge in [-0.2, -0.15) is 5.26 Å². The molecule has 1 nitrogen and oxygen atoms in total. The van der Waals surface area contributed by atoms with E-state index in [1.54, 1.807) is 0 Å². The van der Waals surface area contributed by atoms with Gasteiger partial charge in [-0.3, -0.25) is 0 Å². The number of rotatable bonds is 2. The molecule has 1 heteroatoms. The molecule has 1 aliphatic rings. The van der Waals surface area contributed by atoms with Crippen molar-refractivity contribution in [2.75, 3.05) is 0 Å². The molecule has 0 spiro atoms. The molecule has 112 valence electrons. The molecule has 3 rings (SSSR count). The third-order valence-electron chi connectivity index (χ3n) is 5.19. The van der Waals surface area contributed by atoms with Gasteiger partial charge in [-0.1, -0.05) is 36.8 Å². The van der Waals surface area contributed by atoms with Gasteiger partial charge < -0.3 is 0 Å². The fraction of sp³-hybridized carbons (Fsp3) is 0.381. The van der Waals surface area contributed by atoms with E-state index in [-0.39, 0.29) is 0 Å². The van der Waals surface area contributed by atoms with Gasteiger partial charge in [-0.25, -0.2) is 0 Å². The molecule has 0 bridgehead atoms. The number of aryl methyl sites for hydroxylation is 2. The van der Waals surface area contributed by atoms with Crippen LogP contribution < -0.4 is 0 Å². The largest absolute Gasteiger partial charge is 0.192 e. The molecule has 1 fully saturated rings. The zero-order chi connectivity index (χ0) is 15.5. The Hall–Kier alpha value is -2.07. The molecule has 0 aromatic heterocycles. The van der Waals surface area contributed by atoms with Crippen LogP contribution in [0.2, 0.25) is 0 Å². The SMILES string of the molecule is Cc1ccc(C2CCCC(c3ccc(C#N)cc3)C2)cc1C. The van der Waals surface area contributed by atoms with Gasteiger partial charge in [-0.05, 0) is 79.3 Å². The zero-order valence-corrected chi connectivity index (χ0v) is 13.5. The van der Waals surface area contributed by atoms with Crippen LogP contribution in [0.4, 0.5) is 0 Å². The summed E-state index contributed by atoms with van der Waals surface area (Å²) >= 11 is 0. The van der Waals surface area contributed by atoms with E-state index in [4.69, 9.17) is 5.26 Å². The Balaban J connectivity index is 1.78. The lowest BCUT2D eigenvalue weighted by Crippen LogP contribution is -2.13. The predicted molar refractivity (Wildman–Crippen MR) is 91.0 cm³/mol. The number of nitriles is 1. The number of hydrogen-bond acceptors (Lipinski definition) is 1.